The zero-order chi connectivity index (χ0) is 18.6. The van der Waals surface area contributed by atoms with Crippen molar-refractivity contribution < 1.29 is 9.53 Å². The number of para-hydroxylation sites is 1. The molecule has 26 heavy (non-hydrogen) atoms. The highest BCUT2D eigenvalue weighted by molar-refractivity contribution is 6.30. The summed E-state index contributed by atoms with van der Waals surface area (Å²) < 4.78 is 6.29. The van der Waals surface area contributed by atoms with E-state index in [2.05, 4.69) is 19.2 Å². The van der Waals surface area contributed by atoms with Crippen molar-refractivity contribution in [2.24, 2.45) is 0 Å². The van der Waals surface area contributed by atoms with E-state index in [4.69, 9.17) is 16.3 Å². The van der Waals surface area contributed by atoms with Gasteiger partial charge in [-0.1, -0.05) is 55.8 Å². The molecule has 1 N–H and O–H groups in total. The number of amides is 1. The van der Waals surface area contributed by atoms with Gasteiger partial charge in [0.1, 0.15) is 11.4 Å². The number of ether oxygens (including phenoxy) is 1. The molecular weight excluding hydrogens is 346 g/mol. The zero-order valence-electron chi connectivity index (χ0n) is 15.2. The number of nitrogens with one attached hydrogen (secondary N) is 1. The van der Waals surface area contributed by atoms with E-state index in [1.165, 1.54) is 0 Å². The SMILES string of the molecule is CCC1(CC)CC(NC(=O)/C=C/c2ccc(Cl)cc2)c2ccccc2O1. The van der Waals surface area contributed by atoms with Gasteiger partial charge < -0.3 is 10.1 Å². The van der Waals surface area contributed by atoms with E-state index in [0.29, 0.717) is 5.02 Å². The Bertz CT molecular complexity index is 794. The first-order chi connectivity index (χ1) is 12.5. The van der Waals surface area contributed by atoms with Crippen molar-refractivity contribution in [3.05, 3.63) is 70.8 Å². The predicted octanol–water partition coefficient (Wildman–Crippen LogP) is 5.55. The van der Waals surface area contributed by atoms with Crippen molar-refractivity contribution in [2.75, 3.05) is 0 Å². The Labute approximate surface area is 160 Å². The number of rotatable bonds is 5. The number of hydrogen-bond donors (Lipinski definition) is 1. The molecule has 1 aliphatic heterocycles. The quantitative estimate of drug-likeness (QED) is 0.701. The molecule has 0 aliphatic carbocycles. The first-order valence-electron chi connectivity index (χ1n) is 9.07. The Kier molecular flexibility index (Phi) is 5.67. The van der Waals surface area contributed by atoms with Gasteiger partial charge in [0.25, 0.3) is 0 Å². The smallest absolute Gasteiger partial charge is 0.244 e. The van der Waals surface area contributed by atoms with Crippen molar-refractivity contribution in [2.45, 2.75) is 44.8 Å². The third kappa shape index (κ3) is 4.10. The summed E-state index contributed by atoms with van der Waals surface area (Å²) in [5.41, 5.74) is 1.75. The fourth-order valence-corrected chi connectivity index (χ4v) is 3.52. The molecule has 1 heterocycles. The van der Waals surface area contributed by atoms with Crippen LogP contribution in [0.4, 0.5) is 0 Å². The van der Waals surface area contributed by atoms with Crippen LogP contribution in [-0.2, 0) is 4.79 Å². The topological polar surface area (TPSA) is 38.3 Å². The molecule has 1 atom stereocenters. The van der Waals surface area contributed by atoms with Gasteiger partial charge in [-0.25, -0.2) is 0 Å². The molecule has 0 bridgehead atoms. The third-order valence-corrected chi connectivity index (χ3v) is 5.35. The van der Waals surface area contributed by atoms with Crippen molar-refractivity contribution in [3.8, 4) is 5.75 Å². The van der Waals surface area contributed by atoms with Gasteiger partial charge >= 0.3 is 0 Å². The molecule has 0 radical (unpaired) electrons. The van der Waals surface area contributed by atoms with Gasteiger partial charge in [0.15, 0.2) is 0 Å². The standard InChI is InChI=1S/C22H24ClNO2/c1-3-22(4-2)15-19(18-7-5-6-8-20(18)26-22)24-21(25)14-11-16-9-12-17(23)13-10-16/h5-14,19H,3-4,15H2,1-2H3,(H,24,25)/b14-11+. The monoisotopic (exact) mass is 369 g/mol. The van der Waals surface area contributed by atoms with Crippen molar-refractivity contribution >= 4 is 23.6 Å². The Morgan fingerprint density at radius 1 is 1.19 bits per heavy atom. The summed E-state index contributed by atoms with van der Waals surface area (Å²) in [6, 6.07) is 15.3. The molecule has 4 heteroatoms. The fraction of sp³-hybridized carbons (Fsp3) is 0.318. The van der Waals surface area contributed by atoms with Crippen LogP contribution in [0.25, 0.3) is 6.08 Å². The molecule has 3 nitrogen and oxygen atoms in total. The molecule has 1 aliphatic rings. The molecule has 0 spiro atoms. The Morgan fingerprint density at radius 3 is 2.58 bits per heavy atom. The summed E-state index contributed by atoms with van der Waals surface area (Å²) in [6.07, 6.45) is 5.96. The minimum atomic E-state index is -0.230. The molecule has 0 saturated carbocycles. The van der Waals surface area contributed by atoms with Crippen LogP contribution < -0.4 is 10.1 Å². The number of halogens is 1. The first kappa shape index (κ1) is 18.5. The second-order valence-electron chi connectivity index (χ2n) is 6.68. The molecule has 1 amide bonds. The number of fused-ring (bicyclic) bond motifs is 1. The molecule has 136 valence electrons. The van der Waals surface area contributed by atoms with Gasteiger partial charge in [-0.2, -0.15) is 0 Å². The van der Waals surface area contributed by atoms with E-state index in [9.17, 15) is 4.79 Å². The van der Waals surface area contributed by atoms with E-state index >= 15 is 0 Å². The maximum atomic E-state index is 12.5. The molecule has 3 rings (SSSR count). The fourth-order valence-electron chi connectivity index (χ4n) is 3.40. The van der Waals surface area contributed by atoms with Gasteiger partial charge in [-0.15, -0.1) is 0 Å². The minimum absolute atomic E-state index is 0.0535. The number of benzene rings is 2. The van der Waals surface area contributed by atoms with Crippen molar-refractivity contribution in [1.29, 1.82) is 0 Å². The van der Waals surface area contributed by atoms with E-state index in [0.717, 1.165) is 36.1 Å². The highest BCUT2D eigenvalue weighted by Crippen LogP contribution is 2.42. The average molecular weight is 370 g/mol. The largest absolute Gasteiger partial charge is 0.487 e. The maximum absolute atomic E-state index is 12.5. The van der Waals surface area contributed by atoms with Crippen LogP contribution in [-0.4, -0.2) is 11.5 Å². The van der Waals surface area contributed by atoms with Crippen LogP contribution in [0.15, 0.2) is 54.6 Å². The summed E-state index contributed by atoms with van der Waals surface area (Å²) in [6.45, 7) is 4.27. The summed E-state index contributed by atoms with van der Waals surface area (Å²) >= 11 is 5.89. The Morgan fingerprint density at radius 2 is 1.88 bits per heavy atom. The maximum Gasteiger partial charge on any atom is 0.244 e. The molecule has 0 fully saturated rings. The lowest BCUT2D eigenvalue weighted by atomic mass is 9.83. The second-order valence-corrected chi connectivity index (χ2v) is 7.12. The zero-order valence-corrected chi connectivity index (χ0v) is 15.9. The van der Waals surface area contributed by atoms with Gasteiger partial charge in [-0.05, 0) is 42.7 Å². The predicted molar refractivity (Wildman–Crippen MR) is 106 cm³/mol. The number of carbonyl (C=O) groups excluding carboxylic acids is 1. The van der Waals surface area contributed by atoms with Crippen LogP contribution in [0.1, 0.15) is 50.3 Å². The Hall–Kier alpha value is -2.26. The highest BCUT2D eigenvalue weighted by atomic mass is 35.5. The lowest BCUT2D eigenvalue weighted by molar-refractivity contribution is -0.117. The van der Waals surface area contributed by atoms with Crippen LogP contribution in [0.3, 0.4) is 0 Å². The molecule has 1 unspecified atom stereocenters. The van der Waals surface area contributed by atoms with Gasteiger partial charge in [0, 0.05) is 23.1 Å². The van der Waals surface area contributed by atoms with Crippen LogP contribution in [0.5, 0.6) is 5.75 Å². The van der Waals surface area contributed by atoms with Gasteiger partial charge in [-0.3, -0.25) is 4.79 Å². The third-order valence-electron chi connectivity index (χ3n) is 5.10. The average Bonchev–Trinajstić information content (AvgIpc) is 2.67. The van der Waals surface area contributed by atoms with Crippen LogP contribution in [0, 0.1) is 0 Å². The van der Waals surface area contributed by atoms with Crippen LogP contribution >= 0.6 is 11.6 Å². The molecule has 2 aromatic rings. The Balaban J connectivity index is 1.77. The molecule has 0 aromatic heterocycles. The molecular formula is C22H24ClNO2. The minimum Gasteiger partial charge on any atom is -0.487 e. The molecule has 0 saturated heterocycles. The lowest BCUT2D eigenvalue weighted by Gasteiger charge is -2.41. The summed E-state index contributed by atoms with van der Waals surface area (Å²) in [5.74, 6) is 0.761. The first-order valence-corrected chi connectivity index (χ1v) is 9.45. The van der Waals surface area contributed by atoms with Crippen LogP contribution in [0.2, 0.25) is 5.02 Å². The summed E-state index contributed by atoms with van der Waals surface area (Å²) in [5, 5.41) is 3.83. The normalized spacial score (nSPS) is 18.2. The van der Waals surface area contributed by atoms with E-state index < -0.39 is 0 Å². The second kappa shape index (κ2) is 7.96. The summed E-state index contributed by atoms with van der Waals surface area (Å²) in [7, 11) is 0. The van der Waals surface area contributed by atoms with E-state index in [-0.39, 0.29) is 17.6 Å². The number of carbonyl (C=O) groups is 1. The van der Waals surface area contributed by atoms with Gasteiger partial charge in [0.05, 0.1) is 6.04 Å². The van der Waals surface area contributed by atoms with E-state index in [1.807, 2.05) is 48.5 Å². The summed E-state index contributed by atoms with van der Waals surface area (Å²) in [4.78, 5) is 12.5. The highest BCUT2D eigenvalue weighted by Gasteiger charge is 2.38. The van der Waals surface area contributed by atoms with Crippen molar-refractivity contribution in [3.63, 3.8) is 0 Å². The van der Waals surface area contributed by atoms with Crippen molar-refractivity contribution in [1.82, 2.24) is 5.32 Å². The van der Waals surface area contributed by atoms with E-state index in [1.54, 1.807) is 12.2 Å². The molecule has 2 aromatic carbocycles. The number of hydrogen-bond acceptors (Lipinski definition) is 2. The van der Waals surface area contributed by atoms with Gasteiger partial charge in [0.2, 0.25) is 5.91 Å². The lowest BCUT2D eigenvalue weighted by Crippen LogP contribution is -2.44.